The van der Waals surface area contributed by atoms with E-state index in [1.165, 1.54) is 11.1 Å². The van der Waals surface area contributed by atoms with Gasteiger partial charge in [0, 0.05) is 63.8 Å². The normalized spacial score (nSPS) is 22.7. The molecule has 2 aliphatic carbocycles. The van der Waals surface area contributed by atoms with E-state index in [0.717, 1.165) is 61.2 Å². The van der Waals surface area contributed by atoms with Crippen LogP contribution in [0.4, 0.5) is 16.4 Å². The molecular weight excluding hydrogens is 630 g/mol. The number of carbonyl (C=O) groups excluding carboxylic acids is 2. The van der Waals surface area contributed by atoms with Gasteiger partial charge in [0.25, 0.3) is 0 Å². The van der Waals surface area contributed by atoms with Gasteiger partial charge in [-0.1, -0.05) is 12.1 Å². The number of benzene rings is 1. The predicted octanol–water partition coefficient (Wildman–Crippen LogP) is 7.30. The zero-order valence-electron chi connectivity index (χ0n) is 30.1. The van der Waals surface area contributed by atoms with Crippen molar-refractivity contribution in [2.75, 3.05) is 50.8 Å². The van der Waals surface area contributed by atoms with Crippen molar-refractivity contribution < 1.29 is 23.8 Å². The van der Waals surface area contributed by atoms with Crippen LogP contribution in [-0.4, -0.2) is 75.1 Å². The Morgan fingerprint density at radius 2 is 1.62 bits per heavy atom. The first kappa shape index (κ1) is 35.6. The fraction of sp³-hybridized carbons (Fsp3) is 0.550. The van der Waals surface area contributed by atoms with Crippen molar-refractivity contribution in [1.29, 1.82) is 0 Å². The summed E-state index contributed by atoms with van der Waals surface area (Å²) in [6.07, 6.45) is 11.8. The number of hydrogen-bond acceptors (Lipinski definition) is 8. The predicted molar refractivity (Wildman–Crippen MR) is 196 cm³/mol. The molecule has 0 bridgehead atoms. The van der Waals surface area contributed by atoms with E-state index in [4.69, 9.17) is 19.2 Å². The molecule has 0 radical (unpaired) electrons. The molecule has 0 spiro atoms. The van der Waals surface area contributed by atoms with Crippen LogP contribution in [0.15, 0.2) is 54.9 Å². The Bertz CT molecular complexity index is 1580. The van der Waals surface area contributed by atoms with Gasteiger partial charge < -0.3 is 24.4 Å². The fourth-order valence-corrected chi connectivity index (χ4v) is 7.80. The summed E-state index contributed by atoms with van der Waals surface area (Å²) in [6.45, 7) is 4.07. The molecule has 3 heterocycles. The van der Waals surface area contributed by atoms with Gasteiger partial charge in [-0.15, -0.1) is 0 Å². The Morgan fingerprint density at radius 3 is 2.28 bits per heavy atom. The van der Waals surface area contributed by atoms with E-state index >= 15 is 0 Å². The Labute approximate surface area is 296 Å². The fourth-order valence-electron chi connectivity index (χ4n) is 7.80. The summed E-state index contributed by atoms with van der Waals surface area (Å²) in [5.41, 5.74) is 4.51. The average molecular weight is 684 g/mol. The van der Waals surface area contributed by atoms with Crippen LogP contribution in [0.1, 0.15) is 81.3 Å². The maximum absolute atomic E-state index is 14.4. The summed E-state index contributed by atoms with van der Waals surface area (Å²) in [7, 11) is 5.67. The van der Waals surface area contributed by atoms with Gasteiger partial charge in [0.05, 0.1) is 7.11 Å². The molecule has 0 atom stereocenters. The lowest BCUT2D eigenvalue weighted by Gasteiger charge is -2.36. The van der Waals surface area contributed by atoms with Crippen LogP contribution in [0.5, 0.6) is 5.75 Å². The minimum Gasteiger partial charge on any atom is -0.496 e. The molecule has 2 amide bonds. The molecule has 2 saturated carbocycles. The minimum atomic E-state index is -0.358. The second kappa shape index (κ2) is 16.7. The lowest BCUT2D eigenvalue weighted by atomic mass is 9.78. The smallest absolute Gasteiger partial charge is 0.407 e. The van der Waals surface area contributed by atoms with Gasteiger partial charge in [-0.05, 0) is 130 Å². The van der Waals surface area contributed by atoms with Gasteiger partial charge >= 0.3 is 6.09 Å². The lowest BCUT2D eigenvalue weighted by Crippen LogP contribution is -2.43. The number of rotatable bonds is 10. The van der Waals surface area contributed by atoms with Crippen LogP contribution in [0.25, 0.3) is 11.1 Å². The third-order valence-electron chi connectivity index (χ3n) is 10.8. The topological polar surface area (TPSA) is 106 Å². The molecule has 50 heavy (non-hydrogen) atoms. The Balaban J connectivity index is 1.13. The van der Waals surface area contributed by atoms with E-state index in [9.17, 15) is 9.59 Å². The average Bonchev–Trinajstić information content (AvgIpc) is 3.14. The largest absolute Gasteiger partial charge is 0.496 e. The number of aromatic nitrogens is 2. The highest BCUT2D eigenvalue weighted by molar-refractivity contribution is 5.94. The van der Waals surface area contributed by atoms with Gasteiger partial charge in [-0.25, -0.2) is 14.8 Å². The third-order valence-corrected chi connectivity index (χ3v) is 10.8. The summed E-state index contributed by atoms with van der Waals surface area (Å²) in [5, 5.41) is 3.00. The van der Waals surface area contributed by atoms with E-state index in [1.807, 2.05) is 48.3 Å². The SMILES string of the molecule is COc1ccc(C2CCC(CN(C(=O)C3CCC(OC(=O)NC4CCOCC4)CC3)c3cc(-c4ccc(N(C)C)nc4)ccn3)CC2)cc1C. The highest BCUT2D eigenvalue weighted by Crippen LogP contribution is 2.39. The molecule has 0 unspecified atom stereocenters. The van der Waals surface area contributed by atoms with E-state index in [1.54, 1.807) is 13.3 Å². The van der Waals surface area contributed by atoms with Crippen LogP contribution in [0.2, 0.25) is 0 Å². The monoisotopic (exact) mass is 683 g/mol. The quantitative estimate of drug-likeness (QED) is 0.238. The molecular formula is C40H53N5O5. The number of amides is 2. The summed E-state index contributed by atoms with van der Waals surface area (Å²) >= 11 is 0. The molecule has 10 heteroatoms. The number of pyridine rings is 2. The molecule has 1 N–H and O–H groups in total. The molecule has 3 fully saturated rings. The van der Waals surface area contributed by atoms with E-state index < -0.39 is 0 Å². The summed E-state index contributed by atoms with van der Waals surface area (Å²) in [6, 6.07) is 14.7. The van der Waals surface area contributed by atoms with Crippen molar-refractivity contribution in [3.63, 3.8) is 0 Å². The van der Waals surface area contributed by atoms with Crippen LogP contribution in [-0.2, 0) is 14.3 Å². The standard InChI is InChI=1S/C40H53N5O5/c1-27-23-31(11-15-36(27)48-4)29-7-5-28(6-8-29)26-45(38-24-32(17-20-41-38)33-12-16-37(42-25-33)44(2)3)39(46)30-9-13-35(14-10-30)50-40(47)43-34-18-21-49-22-19-34/h11-12,15-17,20,23-25,28-30,34-35H,5-10,13-14,18-19,21-22,26H2,1-4H3,(H,43,47). The lowest BCUT2D eigenvalue weighted by molar-refractivity contribution is -0.124. The van der Waals surface area contributed by atoms with Crippen LogP contribution < -0.4 is 19.9 Å². The van der Waals surface area contributed by atoms with Gasteiger partial charge in [0.1, 0.15) is 23.5 Å². The van der Waals surface area contributed by atoms with Gasteiger partial charge in [-0.3, -0.25) is 9.69 Å². The maximum Gasteiger partial charge on any atom is 0.407 e. The molecule has 1 aliphatic heterocycles. The summed E-state index contributed by atoms with van der Waals surface area (Å²) in [5.74, 6) is 3.38. The van der Waals surface area contributed by atoms with Crippen molar-refractivity contribution in [3.8, 4) is 16.9 Å². The van der Waals surface area contributed by atoms with Crippen molar-refractivity contribution in [1.82, 2.24) is 15.3 Å². The third kappa shape index (κ3) is 8.94. The van der Waals surface area contributed by atoms with E-state index in [0.29, 0.717) is 63.1 Å². The van der Waals surface area contributed by atoms with Crippen LogP contribution >= 0.6 is 0 Å². The molecule has 268 valence electrons. The number of nitrogens with zero attached hydrogens (tertiary/aromatic N) is 4. The highest BCUT2D eigenvalue weighted by atomic mass is 16.6. The molecule has 10 nitrogen and oxygen atoms in total. The second-order valence-electron chi connectivity index (χ2n) is 14.5. The van der Waals surface area contributed by atoms with Crippen molar-refractivity contribution in [3.05, 3.63) is 66.0 Å². The zero-order chi connectivity index (χ0) is 35.0. The number of nitrogens with one attached hydrogen (secondary N) is 1. The minimum absolute atomic E-state index is 0.100. The Hall–Kier alpha value is -4.18. The molecule has 2 aromatic heterocycles. The maximum atomic E-state index is 14.4. The zero-order valence-corrected chi connectivity index (χ0v) is 30.1. The van der Waals surface area contributed by atoms with E-state index in [-0.39, 0.29) is 30.1 Å². The highest BCUT2D eigenvalue weighted by Gasteiger charge is 2.34. The first-order valence-electron chi connectivity index (χ1n) is 18.4. The molecule has 3 aromatic rings. The number of aryl methyl sites for hydroxylation is 1. The Kier molecular flexibility index (Phi) is 11.9. The number of ether oxygens (including phenoxy) is 3. The number of anilines is 2. The molecule has 1 aromatic carbocycles. The molecule has 6 rings (SSSR count). The number of carbonyl (C=O) groups is 2. The van der Waals surface area contributed by atoms with Crippen LogP contribution in [0, 0.1) is 18.8 Å². The van der Waals surface area contributed by atoms with Crippen molar-refractivity contribution in [2.24, 2.45) is 11.8 Å². The first-order chi connectivity index (χ1) is 24.3. The van der Waals surface area contributed by atoms with Crippen molar-refractivity contribution in [2.45, 2.75) is 89.2 Å². The molecule has 1 saturated heterocycles. The molecule has 3 aliphatic rings. The Morgan fingerprint density at radius 1 is 0.860 bits per heavy atom. The van der Waals surface area contributed by atoms with E-state index in [2.05, 4.69) is 41.5 Å². The second-order valence-corrected chi connectivity index (χ2v) is 14.5. The number of methoxy groups -OCH3 is 1. The van der Waals surface area contributed by atoms with Crippen LogP contribution in [0.3, 0.4) is 0 Å². The van der Waals surface area contributed by atoms with Crippen molar-refractivity contribution >= 4 is 23.6 Å². The van der Waals surface area contributed by atoms with Gasteiger partial charge in [0.2, 0.25) is 5.91 Å². The summed E-state index contributed by atoms with van der Waals surface area (Å²) < 4.78 is 16.7. The number of hydrogen-bond donors (Lipinski definition) is 1. The first-order valence-corrected chi connectivity index (χ1v) is 18.4. The summed E-state index contributed by atoms with van der Waals surface area (Å²) in [4.78, 5) is 40.4. The van der Waals surface area contributed by atoms with Gasteiger partial charge in [-0.2, -0.15) is 0 Å². The van der Waals surface area contributed by atoms with Gasteiger partial charge in [0.15, 0.2) is 0 Å². The number of alkyl carbamates (subject to hydrolysis) is 1.